The Morgan fingerprint density at radius 2 is 1.85 bits per heavy atom. The van der Waals surface area contributed by atoms with E-state index in [9.17, 15) is 9.59 Å². The second kappa shape index (κ2) is 6.28. The Bertz CT molecular complexity index is 1080. The smallest absolute Gasteiger partial charge is 0.221 e. The summed E-state index contributed by atoms with van der Waals surface area (Å²) in [6, 6.07) is 10.7. The molecule has 0 bridgehead atoms. The third-order valence-electron chi connectivity index (χ3n) is 4.52. The van der Waals surface area contributed by atoms with Gasteiger partial charge in [0.05, 0.1) is 36.7 Å². The van der Waals surface area contributed by atoms with Crippen LogP contribution in [0.15, 0.2) is 36.4 Å². The number of aromatic nitrogens is 2. The van der Waals surface area contributed by atoms with E-state index in [1.165, 1.54) is 6.92 Å². The number of fused-ring (bicyclic) bond motifs is 3. The number of ether oxygens (including phenoxy) is 2. The van der Waals surface area contributed by atoms with Crippen molar-refractivity contribution < 1.29 is 19.1 Å². The van der Waals surface area contributed by atoms with Gasteiger partial charge in [-0.1, -0.05) is 12.1 Å². The molecule has 4 rings (SSSR count). The quantitative estimate of drug-likeness (QED) is 0.580. The van der Waals surface area contributed by atoms with Crippen LogP contribution in [0.1, 0.15) is 22.8 Å². The number of ketones is 1. The Labute approximate surface area is 155 Å². The maximum absolute atomic E-state index is 13.2. The lowest BCUT2D eigenvalue weighted by Gasteiger charge is -2.10. The molecule has 0 unspecified atom stereocenters. The molecule has 136 valence electrons. The van der Waals surface area contributed by atoms with E-state index in [-0.39, 0.29) is 11.7 Å². The lowest BCUT2D eigenvalue weighted by molar-refractivity contribution is -0.114. The number of rotatable bonds is 4. The minimum atomic E-state index is -0.234. The summed E-state index contributed by atoms with van der Waals surface area (Å²) in [7, 11) is 3.12. The lowest BCUT2D eigenvalue weighted by Crippen LogP contribution is -2.10. The van der Waals surface area contributed by atoms with Gasteiger partial charge >= 0.3 is 0 Å². The molecule has 1 heterocycles. The van der Waals surface area contributed by atoms with Crippen LogP contribution in [0.2, 0.25) is 0 Å². The van der Waals surface area contributed by atoms with E-state index in [1.54, 1.807) is 38.5 Å². The van der Waals surface area contributed by atoms with Gasteiger partial charge < -0.3 is 14.8 Å². The number of aromatic amines is 1. The summed E-state index contributed by atoms with van der Waals surface area (Å²) < 4.78 is 10.6. The number of methoxy groups -OCH3 is 2. The number of carbonyl (C=O) groups excluding carboxylic acids is 2. The van der Waals surface area contributed by atoms with Crippen molar-refractivity contribution in [2.75, 3.05) is 19.5 Å². The van der Waals surface area contributed by atoms with Crippen LogP contribution in [-0.4, -0.2) is 36.1 Å². The van der Waals surface area contributed by atoms with Crippen LogP contribution in [0.4, 0.5) is 5.69 Å². The molecule has 0 fully saturated rings. The summed E-state index contributed by atoms with van der Waals surface area (Å²) in [5, 5.41) is 10.0. The Balaban J connectivity index is 1.85. The molecule has 2 N–H and O–H groups in total. The van der Waals surface area contributed by atoms with E-state index >= 15 is 0 Å². The fraction of sp³-hybridized carbons (Fsp3) is 0.150. The van der Waals surface area contributed by atoms with Crippen LogP contribution in [-0.2, 0) is 4.79 Å². The topological polar surface area (TPSA) is 93.3 Å². The van der Waals surface area contributed by atoms with Gasteiger partial charge in [-0.25, -0.2) is 0 Å². The van der Waals surface area contributed by atoms with Crippen molar-refractivity contribution in [2.24, 2.45) is 0 Å². The van der Waals surface area contributed by atoms with Crippen LogP contribution < -0.4 is 14.8 Å². The third-order valence-corrected chi connectivity index (χ3v) is 4.52. The van der Waals surface area contributed by atoms with E-state index in [2.05, 4.69) is 15.5 Å². The van der Waals surface area contributed by atoms with Crippen LogP contribution in [0.25, 0.3) is 22.5 Å². The summed E-state index contributed by atoms with van der Waals surface area (Å²) in [4.78, 5) is 24.6. The molecule has 1 aliphatic rings. The fourth-order valence-corrected chi connectivity index (χ4v) is 3.37. The zero-order chi connectivity index (χ0) is 19.1. The number of benzene rings is 2. The maximum Gasteiger partial charge on any atom is 0.221 e. The molecule has 3 aromatic rings. The molecule has 1 aromatic heterocycles. The number of nitrogens with one attached hydrogen (secondary N) is 2. The molecule has 0 spiro atoms. The van der Waals surface area contributed by atoms with Gasteiger partial charge in [0.15, 0.2) is 17.3 Å². The van der Waals surface area contributed by atoms with E-state index in [4.69, 9.17) is 9.47 Å². The van der Waals surface area contributed by atoms with Gasteiger partial charge in [-0.05, 0) is 24.3 Å². The highest BCUT2D eigenvalue weighted by atomic mass is 16.5. The first-order chi connectivity index (χ1) is 13.0. The molecule has 1 aliphatic carbocycles. The minimum Gasteiger partial charge on any atom is -0.493 e. The number of anilines is 1. The summed E-state index contributed by atoms with van der Waals surface area (Å²) in [6.07, 6.45) is 0. The highest BCUT2D eigenvalue weighted by Crippen LogP contribution is 2.43. The van der Waals surface area contributed by atoms with E-state index in [1.807, 2.05) is 12.1 Å². The largest absolute Gasteiger partial charge is 0.493 e. The van der Waals surface area contributed by atoms with E-state index in [0.717, 1.165) is 5.56 Å². The molecular weight excluding hydrogens is 346 g/mol. The first-order valence-electron chi connectivity index (χ1n) is 8.31. The highest BCUT2D eigenvalue weighted by molar-refractivity contribution is 6.26. The number of amides is 1. The van der Waals surface area contributed by atoms with Crippen molar-refractivity contribution in [2.45, 2.75) is 6.92 Å². The molecule has 0 radical (unpaired) electrons. The molecule has 0 saturated carbocycles. The van der Waals surface area contributed by atoms with Crippen LogP contribution in [0.5, 0.6) is 11.5 Å². The van der Waals surface area contributed by atoms with Crippen molar-refractivity contribution in [3.8, 4) is 34.0 Å². The van der Waals surface area contributed by atoms with Gasteiger partial charge in [0.25, 0.3) is 0 Å². The molecule has 2 aromatic carbocycles. The van der Waals surface area contributed by atoms with Crippen molar-refractivity contribution in [3.05, 3.63) is 47.5 Å². The Kier molecular flexibility index (Phi) is 3.92. The number of carbonyl (C=O) groups is 2. The predicted octanol–water partition coefficient (Wildman–Crippen LogP) is 3.26. The third kappa shape index (κ3) is 2.55. The van der Waals surface area contributed by atoms with Gasteiger partial charge in [-0.2, -0.15) is 5.10 Å². The second-order valence-corrected chi connectivity index (χ2v) is 6.13. The van der Waals surface area contributed by atoms with Gasteiger partial charge in [0.1, 0.15) is 5.69 Å². The molecule has 7 nitrogen and oxygen atoms in total. The summed E-state index contributed by atoms with van der Waals surface area (Å²) in [5.74, 6) is 0.741. The Morgan fingerprint density at radius 1 is 1.07 bits per heavy atom. The molecule has 1 amide bonds. The Hall–Kier alpha value is -3.61. The fourth-order valence-electron chi connectivity index (χ4n) is 3.37. The number of hydrogen-bond donors (Lipinski definition) is 2. The average molecular weight is 363 g/mol. The monoisotopic (exact) mass is 363 g/mol. The van der Waals surface area contributed by atoms with Crippen LogP contribution in [0.3, 0.4) is 0 Å². The zero-order valence-electron chi connectivity index (χ0n) is 15.0. The molecule has 7 heteroatoms. The van der Waals surface area contributed by atoms with Gasteiger partial charge in [0, 0.05) is 18.1 Å². The van der Waals surface area contributed by atoms with Crippen LogP contribution in [0, 0.1) is 0 Å². The van der Waals surface area contributed by atoms with Crippen molar-refractivity contribution >= 4 is 17.4 Å². The minimum absolute atomic E-state index is 0.178. The normalized spacial score (nSPS) is 11.7. The standard InChI is InChI=1S/C20H17N3O4/c1-10(24)21-13-6-4-5-12-16(13)20(25)17-18(22-23-19(12)17)11-7-8-14(26-2)15(9-11)27-3/h4-9H,1-3H3,(H,21,24)(H,22,23). The molecular formula is C20H17N3O4. The van der Waals surface area contributed by atoms with Crippen molar-refractivity contribution in [1.29, 1.82) is 0 Å². The van der Waals surface area contributed by atoms with Crippen LogP contribution >= 0.6 is 0 Å². The molecule has 0 atom stereocenters. The van der Waals surface area contributed by atoms with Crippen molar-refractivity contribution in [1.82, 2.24) is 10.2 Å². The van der Waals surface area contributed by atoms with Gasteiger partial charge in [-0.15, -0.1) is 0 Å². The van der Waals surface area contributed by atoms with Gasteiger partial charge in [-0.3, -0.25) is 14.7 Å². The van der Waals surface area contributed by atoms with Gasteiger partial charge in [0.2, 0.25) is 5.91 Å². The summed E-state index contributed by atoms with van der Waals surface area (Å²) in [5.41, 5.74) is 4.05. The summed E-state index contributed by atoms with van der Waals surface area (Å²) in [6.45, 7) is 1.41. The first-order valence-corrected chi connectivity index (χ1v) is 8.31. The lowest BCUT2D eigenvalue weighted by atomic mass is 10.0. The highest BCUT2D eigenvalue weighted by Gasteiger charge is 2.35. The number of H-pyrrole nitrogens is 1. The second-order valence-electron chi connectivity index (χ2n) is 6.13. The van der Waals surface area contributed by atoms with E-state index < -0.39 is 0 Å². The van der Waals surface area contributed by atoms with E-state index in [0.29, 0.717) is 45.3 Å². The molecule has 27 heavy (non-hydrogen) atoms. The molecule has 0 saturated heterocycles. The average Bonchev–Trinajstić information content (AvgIpc) is 3.21. The van der Waals surface area contributed by atoms with Crippen molar-refractivity contribution in [3.63, 3.8) is 0 Å². The molecule has 0 aliphatic heterocycles. The Morgan fingerprint density at radius 3 is 2.56 bits per heavy atom. The number of nitrogens with zero attached hydrogens (tertiary/aromatic N) is 1. The predicted molar refractivity (Wildman–Crippen MR) is 100 cm³/mol. The first kappa shape index (κ1) is 16.8. The number of hydrogen-bond acceptors (Lipinski definition) is 5. The zero-order valence-corrected chi connectivity index (χ0v) is 15.0. The maximum atomic E-state index is 13.2. The summed E-state index contributed by atoms with van der Waals surface area (Å²) >= 11 is 0. The SMILES string of the molecule is COc1ccc(-c2[nH]nc3c2C(=O)c2c(NC(C)=O)cccc2-3)cc1OC.